The number of carbonyl (C=O) groups is 1. The van der Waals surface area contributed by atoms with Crippen LogP contribution in [0.2, 0.25) is 0 Å². The molecular formula is C40H79NO4. The first-order valence-corrected chi connectivity index (χ1v) is 20.0. The van der Waals surface area contributed by atoms with E-state index in [0.29, 0.717) is 12.8 Å². The SMILES string of the molecule is CCCCCCCCCCCCCCCC/C=C/CCCC(O)C(O)C(CO)NC(=O)CCCCCCCCCCCCCC. The van der Waals surface area contributed by atoms with Gasteiger partial charge >= 0.3 is 0 Å². The third-order valence-corrected chi connectivity index (χ3v) is 9.37. The van der Waals surface area contributed by atoms with E-state index in [-0.39, 0.29) is 12.5 Å². The minimum atomic E-state index is -1.15. The number of hydrogen-bond donors (Lipinski definition) is 4. The summed E-state index contributed by atoms with van der Waals surface area (Å²) in [6.07, 6.45) is 40.3. The molecule has 1 amide bonds. The van der Waals surface area contributed by atoms with Gasteiger partial charge in [0.05, 0.1) is 18.8 Å². The number of nitrogens with one attached hydrogen (secondary N) is 1. The maximum absolute atomic E-state index is 12.3. The third kappa shape index (κ3) is 31.5. The number of aliphatic hydroxyl groups excluding tert-OH is 3. The van der Waals surface area contributed by atoms with E-state index in [9.17, 15) is 20.1 Å². The highest BCUT2D eigenvalue weighted by atomic mass is 16.3. The smallest absolute Gasteiger partial charge is 0.220 e. The molecule has 3 atom stereocenters. The number of aliphatic hydroxyl groups is 3. The standard InChI is InChI=1S/C40H79NO4/c1-3-5-7-9-11-13-15-17-18-19-20-21-22-23-24-26-28-30-32-34-38(43)40(45)37(36-42)41-39(44)35-33-31-29-27-25-16-14-12-10-8-6-4-2/h26,28,37-38,40,42-43,45H,3-25,27,29-36H2,1-2H3,(H,41,44)/b28-26+. The number of allylic oxidation sites excluding steroid dienone is 2. The first-order valence-electron chi connectivity index (χ1n) is 20.0. The first-order chi connectivity index (χ1) is 22.1. The maximum Gasteiger partial charge on any atom is 0.220 e. The van der Waals surface area contributed by atoms with Crippen LogP contribution in [0.15, 0.2) is 12.2 Å². The van der Waals surface area contributed by atoms with Crippen LogP contribution in [0.4, 0.5) is 0 Å². The van der Waals surface area contributed by atoms with Crippen molar-refractivity contribution in [2.75, 3.05) is 6.61 Å². The zero-order valence-corrected chi connectivity index (χ0v) is 30.3. The molecular weight excluding hydrogens is 558 g/mol. The molecule has 0 aromatic heterocycles. The van der Waals surface area contributed by atoms with Gasteiger partial charge in [0.25, 0.3) is 0 Å². The number of amides is 1. The molecule has 0 saturated carbocycles. The summed E-state index contributed by atoms with van der Waals surface area (Å²) in [6, 6.07) is -0.819. The fraction of sp³-hybridized carbons (Fsp3) is 0.925. The highest BCUT2D eigenvalue weighted by Gasteiger charge is 2.26. The first kappa shape index (κ1) is 44.1. The molecule has 0 heterocycles. The molecule has 0 aliphatic carbocycles. The molecule has 0 spiro atoms. The zero-order chi connectivity index (χ0) is 33.1. The van der Waals surface area contributed by atoms with E-state index in [0.717, 1.165) is 38.5 Å². The Bertz CT molecular complexity index is 625. The van der Waals surface area contributed by atoms with Gasteiger partial charge in [-0.1, -0.05) is 180 Å². The Morgan fingerprint density at radius 2 is 0.889 bits per heavy atom. The molecule has 4 N–H and O–H groups in total. The normalized spacial score (nSPS) is 13.8. The number of unbranched alkanes of at least 4 members (excludes halogenated alkanes) is 26. The molecule has 0 aliphatic rings. The van der Waals surface area contributed by atoms with Gasteiger partial charge in [-0.05, 0) is 38.5 Å². The monoisotopic (exact) mass is 638 g/mol. The Kier molecular flexibility index (Phi) is 35.2. The van der Waals surface area contributed by atoms with Crippen molar-refractivity contribution in [2.24, 2.45) is 0 Å². The quantitative estimate of drug-likeness (QED) is 0.0406. The molecule has 0 saturated heterocycles. The summed E-state index contributed by atoms with van der Waals surface area (Å²) >= 11 is 0. The summed E-state index contributed by atoms with van der Waals surface area (Å²) in [6.45, 7) is 4.16. The fourth-order valence-electron chi connectivity index (χ4n) is 6.22. The fourth-order valence-corrected chi connectivity index (χ4v) is 6.22. The molecule has 0 radical (unpaired) electrons. The van der Waals surface area contributed by atoms with E-state index in [1.807, 2.05) is 0 Å². The number of carbonyl (C=O) groups excluding carboxylic acids is 1. The van der Waals surface area contributed by atoms with Crippen LogP contribution in [0.3, 0.4) is 0 Å². The van der Waals surface area contributed by atoms with Gasteiger partial charge in [-0.3, -0.25) is 4.79 Å². The van der Waals surface area contributed by atoms with Gasteiger partial charge in [0.1, 0.15) is 6.10 Å². The lowest BCUT2D eigenvalue weighted by Gasteiger charge is -2.26. The van der Waals surface area contributed by atoms with Crippen molar-refractivity contribution in [3.05, 3.63) is 12.2 Å². The minimum Gasteiger partial charge on any atom is -0.394 e. The molecule has 0 rings (SSSR count). The molecule has 3 unspecified atom stereocenters. The Morgan fingerprint density at radius 3 is 1.29 bits per heavy atom. The van der Waals surface area contributed by atoms with Crippen molar-refractivity contribution in [1.82, 2.24) is 5.32 Å². The molecule has 0 fully saturated rings. The van der Waals surface area contributed by atoms with Crippen molar-refractivity contribution in [1.29, 1.82) is 0 Å². The molecule has 0 aliphatic heterocycles. The highest BCUT2D eigenvalue weighted by Crippen LogP contribution is 2.15. The average Bonchev–Trinajstić information content (AvgIpc) is 3.04. The molecule has 45 heavy (non-hydrogen) atoms. The summed E-state index contributed by atoms with van der Waals surface area (Å²) in [5.74, 6) is -0.154. The second-order valence-electron chi connectivity index (χ2n) is 13.8. The lowest BCUT2D eigenvalue weighted by molar-refractivity contribution is -0.124. The molecule has 0 bridgehead atoms. The summed E-state index contributed by atoms with van der Waals surface area (Å²) in [5.41, 5.74) is 0. The Morgan fingerprint density at radius 1 is 0.533 bits per heavy atom. The van der Waals surface area contributed by atoms with Crippen LogP contribution >= 0.6 is 0 Å². The minimum absolute atomic E-state index is 0.154. The second kappa shape index (κ2) is 35.9. The van der Waals surface area contributed by atoms with Gasteiger partial charge in [0.2, 0.25) is 5.91 Å². The van der Waals surface area contributed by atoms with Crippen LogP contribution in [-0.4, -0.2) is 46.1 Å². The van der Waals surface area contributed by atoms with Crippen LogP contribution in [-0.2, 0) is 4.79 Å². The van der Waals surface area contributed by atoms with Crippen molar-refractivity contribution >= 4 is 5.91 Å². The summed E-state index contributed by atoms with van der Waals surface area (Å²) in [5, 5.41) is 33.4. The molecule has 268 valence electrons. The molecule has 5 heteroatoms. The second-order valence-corrected chi connectivity index (χ2v) is 13.8. The van der Waals surface area contributed by atoms with E-state index >= 15 is 0 Å². The van der Waals surface area contributed by atoms with Crippen LogP contribution in [0.5, 0.6) is 0 Å². The topological polar surface area (TPSA) is 89.8 Å². The predicted octanol–water partition coefficient (Wildman–Crippen LogP) is 10.9. The van der Waals surface area contributed by atoms with Gasteiger partial charge in [-0.15, -0.1) is 0 Å². The average molecular weight is 638 g/mol. The van der Waals surface area contributed by atoms with Gasteiger partial charge in [-0.2, -0.15) is 0 Å². The van der Waals surface area contributed by atoms with Gasteiger partial charge in [0.15, 0.2) is 0 Å². The predicted molar refractivity (Wildman–Crippen MR) is 195 cm³/mol. The number of hydrogen-bond acceptors (Lipinski definition) is 4. The zero-order valence-electron chi connectivity index (χ0n) is 30.3. The van der Waals surface area contributed by atoms with Gasteiger partial charge < -0.3 is 20.6 Å². The Labute approximate surface area is 280 Å². The van der Waals surface area contributed by atoms with Gasteiger partial charge in [0, 0.05) is 6.42 Å². The molecule has 0 aromatic rings. The van der Waals surface area contributed by atoms with Gasteiger partial charge in [-0.25, -0.2) is 0 Å². The van der Waals surface area contributed by atoms with Crippen LogP contribution < -0.4 is 5.32 Å². The Hall–Kier alpha value is -0.910. The van der Waals surface area contributed by atoms with Crippen molar-refractivity contribution < 1.29 is 20.1 Å². The largest absolute Gasteiger partial charge is 0.394 e. The van der Waals surface area contributed by atoms with E-state index < -0.39 is 18.2 Å². The van der Waals surface area contributed by atoms with Crippen LogP contribution in [0.1, 0.15) is 213 Å². The number of rotatable bonds is 36. The van der Waals surface area contributed by atoms with Crippen LogP contribution in [0, 0.1) is 0 Å². The van der Waals surface area contributed by atoms with Crippen molar-refractivity contribution in [3.63, 3.8) is 0 Å². The van der Waals surface area contributed by atoms with Crippen molar-refractivity contribution in [3.8, 4) is 0 Å². The summed E-state index contributed by atoms with van der Waals surface area (Å²) in [4.78, 5) is 12.3. The van der Waals surface area contributed by atoms with E-state index in [1.165, 1.54) is 148 Å². The molecule has 0 aromatic carbocycles. The lowest BCUT2D eigenvalue weighted by Crippen LogP contribution is -2.50. The van der Waals surface area contributed by atoms with E-state index in [1.54, 1.807) is 0 Å². The van der Waals surface area contributed by atoms with Crippen molar-refractivity contribution in [2.45, 2.75) is 231 Å². The van der Waals surface area contributed by atoms with Crippen LogP contribution in [0.25, 0.3) is 0 Å². The lowest BCUT2D eigenvalue weighted by atomic mass is 10.0. The summed E-state index contributed by atoms with van der Waals surface area (Å²) in [7, 11) is 0. The summed E-state index contributed by atoms with van der Waals surface area (Å²) < 4.78 is 0. The highest BCUT2D eigenvalue weighted by molar-refractivity contribution is 5.76. The maximum atomic E-state index is 12.3. The third-order valence-electron chi connectivity index (χ3n) is 9.37. The Balaban J connectivity index is 3.67. The molecule has 5 nitrogen and oxygen atoms in total. The van der Waals surface area contributed by atoms with E-state index in [2.05, 4.69) is 31.3 Å². The van der Waals surface area contributed by atoms with E-state index in [4.69, 9.17) is 0 Å².